The summed E-state index contributed by atoms with van der Waals surface area (Å²) in [5.74, 6) is 0.360. The number of nitrogens with zero attached hydrogens (tertiary/aromatic N) is 2. The molecule has 5 heteroatoms. The van der Waals surface area contributed by atoms with Crippen molar-refractivity contribution < 1.29 is 14.3 Å². The minimum Gasteiger partial charge on any atom is -0.452 e. The second kappa shape index (κ2) is 6.50. The number of pyridine rings is 1. The highest BCUT2D eigenvalue weighted by Gasteiger charge is 2.25. The van der Waals surface area contributed by atoms with Crippen molar-refractivity contribution in [1.82, 2.24) is 9.88 Å². The maximum Gasteiger partial charge on any atom is 0.340 e. The highest BCUT2D eigenvalue weighted by Crippen LogP contribution is 2.20. The highest BCUT2D eigenvalue weighted by molar-refractivity contribution is 5.90. The Hall–Kier alpha value is -1.91. The van der Waals surface area contributed by atoms with Gasteiger partial charge in [-0.15, -0.1) is 0 Å². The highest BCUT2D eigenvalue weighted by atomic mass is 16.5. The molecule has 20 heavy (non-hydrogen) atoms. The van der Waals surface area contributed by atoms with E-state index in [2.05, 4.69) is 18.8 Å². The minimum atomic E-state index is -0.510. The first-order valence-electron chi connectivity index (χ1n) is 6.91. The molecule has 1 aromatic rings. The fourth-order valence-corrected chi connectivity index (χ4v) is 2.65. The van der Waals surface area contributed by atoms with E-state index in [-0.39, 0.29) is 12.5 Å². The lowest BCUT2D eigenvalue weighted by atomic mass is 9.92. The number of hydrogen-bond acceptors (Lipinski definition) is 4. The van der Waals surface area contributed by atoms with E-state index in [9.17, 15) is 9.59 Å². The summed E-state index contributed by atoms with van der Waals surface area (Å²) in [5, 5.41) is 0. The number of likely N-dealkylation sites (tertiary alicyclic amines) is 1. The van der Waals surface area contributed by atoms with Gasteiger partial charge in [0.25, 0.3) is 5.91 Å². The maximum atomic E-state index is 12.1. The summed E-state index contributed by atoms with van der Waals surface area (Å²) >= 11 is 0. The van der Waals surface area contributed by atoms with Gasteiger partial charge in [0.15, 0.2) is 6.61 Å². The molecule has 2 unspecified atom stereocenters. The number of ether oxygens (including phenoxy) is 1. The zero-order chi connectivity index (χ0) is 14.5. The van der Waals surface area contributed by atoms with Crippen LogP contribution in [0.25, 0.3) is 0 Å². The Morgan fingerprint density at radius 3 is 2.65 bits per heavy atom. The van der Waals surface area contributed by atoms with Gasteiger partial charge in [0.1, 0.15) is 0 Å². The van der Waals surface area contributed by atoms with E-state index in [4.69, 9.17) is 4.74 Å². The van der Waals surface area contributed by atoms with Crippen LogP contribution in [0.3, 0.4) is 0 Å². The van der Waals surface area contributed by atoms with Crippen molar-refractivity contribution in [2.75, 3.05) is 19.7 Å². The molecule has 0 bridgehead atoms. The number of carbonyl (C=O) groups is 2. The van der Waals surface area contributed by atoms with E-state index in [1.165, 1.54) is 6.20 Å². The van der Waals surface area contributed by atoms with Crippen molar-refractivity contribution in [1.29, 1.82) is 0 Å². The number of carbonyl (C=O) groups excluding carboxylic acids is 2. The standard InChI is InChI=1S/C15H20N2O3/c1-11-6-12(2)9-17(8-11)14(18)10-20-15(19)13-4-3-5-16-7-13/h3-5,7,11-12H,6,8-10H2,1-2H3. The van der Waals surface area contributed by atoms with Gasteiger partial charge in [-0.25, -0.2) is 4.79 Å². The molecule has 5 nitrogen and oxygen atoms in total. The second-order valence-electron chi connectivity index (χ2n) is 5.56. The molecular formula is C15H20N2O3. The molecule has 2 atom stereocenters. The average molecular weight is 276 g/mol. The van der Waals surface area contributed by atoms with Gasteiger partial charge in [0.05, 0.1) is 5.56 Å². The SMILES string of the molecule is CC1CC(C)CN(C(=O)COC(=O)c2cccnc2)C1. The Balaban J connectivity index is 1.84. The zero-order valence-corrected chi connectivity index (χ0v) is 11.9. The lowest BCUT2D eigenvalue weighted by molar-refractivity contribution is -0.137. The summed E-state index contributed by atoms with van der Waals surface area (Å²) in [6.07, 6.45) is 4.15. The van der Waals surface area contributed by atoms with Gasteiger partial charge in [-0.2, -0.15) is 0 Å². The third-order valence-electron chi connectivity index (χ3n) is 3.45. The van der Waals surface area contributed by atoms with Gasteiger partial charge in [-0.3, -0.25) is 9.78 Å². The predicted molar refractivity (Wildman–Crippen MR) is 74.0 cm³/mol. The number of esters is 1. The second-order valence-corrected chi connectivity index (χ2v) is 5.56. The summed E-state index contributed by atoms with van der Waals surface area (Å²) in [7, 11) is 0. The molecule has 0 aromatic carbocycles. The van der Waals surface area contributed by atoms with Crippen LogP contribution in [0, 0.1) is 11.8 Å². The Kier molecular flexibility index (Phi) is 4.71. The minimum absolute atomic E-state index is 0.124. The molecular weight excluding hydrogens is 256 g/mol. The van der Waals surface area contributed by atoms with Crippen molar-refractivity contribution in [3.05, 3.63) is 30.1 Å². The van der Waals surface area contributed by atoms with Crippen molar-refractivity contribution in [2.24, 2.45) is 11.8 Å². The van der Waals surface area contributed by atoms with E-state index in [0.29, 0.717) is 17.4 Å². The molecule has 0 saturated carbocycles. The molecule has 1 aliphatic heterocycles. The van der Waals surface area contributed by atoms with E-state index < -0.39 is 5.97 Å². The number of aromatic nitrogens is 1. The first-order chi connectivity index (χ1) is 9.56. The molecule has 1 saturated heterocycles. The van der Waals surface area contributed by atoms with E-state index in [1.54, 1.807) is 23.2 Å². The summed E-state index contributed by atoms with van der Waals surface area (Å²) in [6, 6.07) is 3.28. The molecule has 0 radical (unpaired) electrons. The quantitative estimate of drug-likeness (QED) is 0.789. The molecule has 0 N–H and O–H groups in total. The smallest absolute Gasteiger partial charge is 0.340 e. The van der Waals surface area contributed by atoms with Crippen LogP contribution in [-0.2, 0) is 9.53 Å². The van der Waals surface area contributed by atoms with Crippen molar-refractivity contribution in [3.8, 4) is 0 Å². The van der Waals surface area contributed by atoms with Crippen LogP contribution < -0.4 is 0 Å². The molecule has 2 rings (SSSR count). The zero-order valence-electron chi connectivity index (χ0n) is 11.9. The Bertz CT molecular complexity index is 465. The molecule has 1 aliphatic rings. The Morgan fingerprint density at radius 2 is 2.05 bits per heavy atom. The predicted octanol–water partition coefficient (Wildman–Crippen LogP) is 1.74. The number of amides is 1. The molecule has 108 valence electrons. The van der Waals surface area contributed by atoms with Gasteiger partial charge < -0.3 is 9.64 Å². The lowest BCUT2D eigenvalue weighted by Crippen LogP contribution is -2.44. The van der Waals surface area contributed by atoms with Crippen LogP contribution in [-0.4, -0.2) is 41.5 Å². The summed E-state index contributed by atoms with van der Waals surface area (Å²) in [5.41, 5.74) is 0.362. The summed E-state index contributed by atoms with van der Waals surface area (Å²) < 4.78 is 5.04. The fourth-order valence-electron chi connectivity index (χ4n) is 2.65. The number of rotatable bonds is 3. The average Bonchev–Trinajstić information content (AvgIpc) is 2.44. The normalized spacial score (nSPS) is 22.4. The maximum absolute atomic E-state index is 12.1. The van der Waals surface area contributed by atoms with E-state index in [0.717, 1.165) is 19.5 Å². The van der Waals surface area contributed by atoms with Crippen molar-refractivity contribution in [2.45, 2.75) is 20.3 Å². The number of piperidine rings is 1. The number of hydrogen-bond donors (Lipinski definition) is 0. The van der Waals surface area contributed by atoms with Gasteiger partial charge in [-0.1, -0.05) is 13.8 Å². The third-order valence-corrected chi connectivity index (χ3v) is 3.45. The van der Waals surface area contributed by atoms with Gasteiger partial charge in [0, 0.05) is 25.5 Å². The fraction of sp³-hybridized carbons (Fsp3) is 0.533. The van der Waals surface area contributed by atoms with Crippen molar-refractivity contribution in [3.63, 3.8) is 0 Å². The topological polar surface area (TPSA) is 59.5 Å². The molecule has 0 aliphatic carbocycles. The third kappa shape index (κ3) is 3.79. The Morgan fingerprint density at radius 1 is 1.35 bits per heavy atom. The molecule has 0 spiro atoms. The van der Waals surface area contributed by atoms with Gasteiger partial charge in [0.2, 0.25) is 0 Å². The van der Waals surface area contributed by atoms with Gasteiger partial charge in [-0.05, 0) is 30.4 Å². The first kappa shape index (κ1) is 14.5. The van der Waals surface area contributed by atoms with Crippen LogP contribution in [0.15, 0.2) is 24.5 Å². The van der Waals surface area contributed by atoms with E-state index >= 15 is 0 Å². The molecule has 1 amide bonds. The largest absolute Gasteiger partial charge is 0.452 e. The van der Waals surface area contributed by atoms with Crippen LogP contribution in [0.1, 0.15) is 30.6 Å². The van der Waals surface area contributed by atoms with Crippen LogP contribution in [0.4, 0.5) is 0 Å². The first-order valence-corrected chi connectivity index (χ1v) is 6.91. The van der Waals surface area contributed by atoms with Gasteiger partial charge >= 0.3 is 5.97 Å². The van der Waals surface area contributed by atoms with Crippen LogP contribution >= 0.6 is 0 Å². The summed E-state index contributed by atoms with van der Waals surface area (Å²) in [4.78, 5) is 29.4. The molecule has 1 aromatic heterocycles. The lowest BCUT2D eigenvalue weighted by Gasteiger charge is -2.34. The summed E-state index contributed by atoms with van der Waals surface area (Å²) in [6.45, 7) is 5.56. The Labute approximate surface area is 118 Å². The molecule has 2 heterocycles. The van der Waals surface area contributed by atoms with Crippen LogP contribution in [0.2, 0.25) is 0 Å². The molecule has 1 fully saturated rings. The van der Waals surface area contributed by atoms with Crippen molar-refractivity contribution >= 4 is 11.9 Å². The van der Waals surface area contributed by atoms with E-state index in [1.807, 2.05) is 0 Å². The van der Waals surface area contributed by atoms with Crippen LogP contribution in [0.5, 0.6) is 0 Å². The monoisotopic (exact) mass is 276 g/mol.